The van der Waals surface area contributed by atoms with Gasteiger partial charge in [-0.15, -0.1) is 11.8 Å². The lowest BCUT2D eigenvalue weighted by Gasteiger charge is -2.06. The molecule has 0 unspecified atom stereocenters. The molecule has 2 rings (SSSR count). The molecular formula is C13H16N4OS. The van der Waals surface area contributed by atoms with Crippen LogP contribution in [0, 0.1) is 6.92 Å². The van der Waals surface area contributed by atoms with E-state index in [9.17, 15) is 4.79 Å². The average molecular weight is 276 g/mol. The van der Waals surface area contributed by atoms with Gasteiger partial charge < -0.3 is 11.1 Å². The molecule has 2 aromatic rings. The third-order valence-corrected chi connectivity index (χ3v) is 3.65. The van der Waals surface area contributed by atoms with Crippen LogP contribution in [0.25, 0.3) is 0 Å². The second kappa shape index (κ2) is 5.79. The first kappa shape index (κ1) is 13.5. The number of aromatic nitrogens is 2. The molecule has 100 valence electrons. The Morgan fingerprint density at radius 1 is 1.42 bits per heavy atom. The Balaban J connectivity index is 1.95. The SMILES string of the molecule is Cc1nn(C)c(NC(=O)CSc2ccccc2)c1N. The molecule has 0 atom stereocenters. The van der Waals surface area contributed by atoms with Gasteiger partial charge in [-0.25, -0.2) is 0 Å². The standard InChI is InChI=1S/C13H16N4OS/c1-9-12(14)13(17(2)16-9)15-11(18)8-19-10-6-4-3-5-7-10/h3-7H,8,14H2,1-2H3,(H,15,18). The summed E-state index contributed by atoms with van der Waals surface area (Å²) in [4.78, 5) is 12.9. The van der Waals surface area contributed by atoms with E-state index in [4.69, 9.17) is 5.73 Å². The molecule has 0 aliphatic heterocycles. The zero-order valence-corrected chi connectivity index (χ0v) is 11.7. The third-order valence-electron chi connectivity index (χ3n) is 2.64. The maximum atomic E-state index is 11.9. The third kappa shape index (κ3) is 3.29. The molecule has 1 amide bonds. The van der Waals surface area contributed by atoms with E-state index < -0.39 is 0 Å². The van der Waals surface area contributed by atoms with Crippen LogP contribution in [0.4, 0.5) is 11.5 Å². The minimum atomic E-state index is -0.0939. The van der Waals surface area contributed by atoms with E-state index in [-0.39, 0.29) is 5.91 Å². The van der Waals surface area contributed by atoms with Crippen molar-refractivity contribution in [1.29, 1.82) is 0 Å². The molecule has 0 bridgehead atoms. The zero-order valence-electron chi connectivity index (χ0n) is 10.9. The number of carbonyl (C=O) groups excluding carboxylic acids is 1. The predicted molar refractivity (Wildman–Crippen MR) is 78.2 cm³/mol. The van der Waals surface area contributed by atoms with Crippen LogP contribution in [-0.2, 0) is 11.8 Å². The highest BCUT2D eigenvalue weighted by atomic mass is 32.2. The molecule has 3 N–H and O–H groups in total. The second-order valence-electron chi connectivity index (χ2n) is 4.12. The molecule has 1 aromatic carbocycles. The molecule has 0 spiro atoms. The van der Waals surface area contributed by atoms with Gasteiger partial charge in [-0.2, -0.15) is 5.10 Å². The number of hydrogen-bond donors (Lipinski definition) is 2. The van der Waals surface area contributed by atoms with Crippen LogP contribution in [0.2, 0.25) is 0 Å². The van der Waals surface area contributed by atoms with Crippen molar-refractivity contribution in [2.75, 3.05) is 16.8 Å². The number of nitrogen functional groups attached to an aromatic ring is 1. The zero-order chi connectivity index (χ0) is 13.8. The number of anilines is 2. The Labute approximate surface area is 116 Å². The van der Waals surface area contributed by atoms with Gasteiger partial charge in [0.1, 0.15) is 0 Å². The van der Waals surface area contributed by atoms with E-state index >= 15 is 0 Å². The first-order chi connectivity index (χ1) is 9.08. The van der Waals surface area contributed by atoms with Crippen LogP contribution in [0.5, 0.6) is 0 Å². The molecule has 19 heavy (non-hydrogen) atoms. The first-order valence-electron chi connectivity index (χ1n) is 5.84. The summed E-state index contributed by atoms with van der Waals surface area (Å²) in [5.41, 5.74) is 7.08. The van der Waals surface area contributed by atoms with E-state index in [0.29, 0.717) is 23.0 Å². The predicted octanol–water partition coefficient (Wildman–Crippen LogP) is 2.04. The van der Waals surface area contributed by atoms with Gasteiger partial charge in [0, 0.05) is 11.9 Å². The summed E-state index contributed by atoms with van der Waals surface area (Å²) in [6, 6.07) is 9.79. The van der Waals surface area contributed by atoms with Crippen LogP contribution in [0.3, 0.4) is 0 Å². The van der Waals surface area contributed by atoms with Crippen molar-refractivity contribution in [1.82, 2.24) is 9.78 Å². The highest BCUT2D eigenvalue weighted by Gasteiger charge is 2.12. The number of nitrogens with zero attached hydrogens (tertiary/aromatic N) is 2. The number of thioether (sulfide) groups is 1. The van der Waals surface area contributed by atoms with Gasteiger partial charge in [0.25, 0.3) is 0 Å². The Kier molecular flexibility index (Phi) is 4.11. The van der Waals surface area contributed by atoms with Crippen molar-refractivity contribution in [3.63, 3.8) is 0 Å². The summed E-state index contributed by atoms with van der Waals surface area (Å²) in [7, 11) is 1.75. The van der Waals surface area contributed by atoms with Crippen LogP contribution >= 0.6 is 11.8 Å². The number of nitrogens with two attached hydrogens (primary N) is 1. The number of nitrogens with one attached hydrogen (secondary N) is 1. The van der Waals surface area contributed by atoms with E-state index in [1.807, 2.05) is 37.3 Å². The summed E-state index contributed by atoms with van der Waals surface area (Å²) in [5, 5.41) is 6.94. The van der Waals surface area contributed by atoms with Gasteiger partial charge in [-0.05, 0) is 19.1 Å². The van der Waals surface area contributed by atoms with Crippen LogP contribution < -0.4 is 11.1 Å². The van der Waals surface area contributed by atoms with Crippen molar-refractivity contribution < 1.29 is 4.79 Å². The Bertz CT molecular complexity index is 580. The van der Waals surface area contributed by atoms with Crippen molar-refractivity contribution in [2.24, 2.45) is 7.05 Å². The summed E-state index contributed by atoms with van der Waals surface area (Å²) in [5.74, 6) is 0.799. The quantitative estimate of drug-likeness (QED) is 0.838. The van der Waals surface area contributed by atoms with Crippen LogP contribution in [0.1, 0.15) is 5.69 Å². The molecule has 0 aliphatic rings. The highest BCUT2D eigenvalue weighted by molar-refractivity contribution is 8.00. The molecule has 0 fully saturated rings. The molecule has 0 aliphatic carbocycles. The van der Waals surface area contributed by atoms with Crippen molar-refractivity contribution in [3.05, 3.63) is 36.0 Å². The van der Waals surface area contributed by atoms with E-state index in [1.165, 1.54) is 11.8 Å². The molecule has 1 aromatic heterocycles. The molecule has 6 heteroatoms. The van der Waals surface area contributed by atoms with E-state index in [1.54, 1.807) is 11.7 Å². The maximum absolute atomic E-state index is 11.9. The van der Waals surface area contributed by atoms with Gasteiger partial charge in [-0.3, -0.25) is 9.48 Å². The average Bonchev–Trinajstić information content (AvgIpc) is 2.64. The first-order valence-corrected chi connectivity index (χ1v) is 6.83. The Morgan fingerprint density at radius 3 is 2.68 bits per heavy atom. The number of aryl methyl sites for hydroxylation is 2. The monoisotopic (exact) mass is 276 g/mol. The van der Waals surface area contributed by atoms with Crippen molar-refractivity contribution in [2.45, 2.75) is 11.8 Å². The smallest absolute Gasteiger partial charge is 0.235 e. The fraction of sp³-hybridized carbons (Fsp3) is 0.231. The number of benzene rings is 1. The highest BCUT2D eigenvalue weighted by Crippen LogP contribution is 2.22. The molecule has 0 saturated carbocycles. The molecule has 1 heterocycles. The number of hydrogen-bond acceptors (Lipinski definition) is 4. The second-order valence-corrected chi connectivity index (χ2v) is 5.17. The fourth-order valence-corrected chi connectivity index (χ4v) is 2.38. The summed E-state index contributed by atoms with van der Waals surface area (Å²) < 4.78 is 1.58. The fourth-order valence-electron chi connectivity index (χ4n) is 1.66. The van der Waals surface area contributed by atoms with Crippen molar-refractivity contribution in [3.8, 4) is 0 Å². The minimum Gasteiger partial charge on any atom is -0.394 e. The number of rotatable bonds is 4. The lowest BCUT2D eigenvalue weighted by molar-refractivity contribution is -0.113. The topological polar surface area (TPSA) is 72.9 Å². The number of carbonyl (C=O) groups is 1. The normalized spacial score (nSPS) is 10.4. The minimum absolute atomic E-state index is 0.0939. The molecule has 0 radical (unpaired) electrons. The number of amides is 1. The molecule has 5 nitrogen and oxygen atoms in total. The summed E-state index contributed by atoms with van der Waals surface area (Å²) >= 11 is 1.48. The lowest BCUT2D eigenvalue weighted by Crippen LogP contribution is -2.17. The van der Waals surface area contributed by atoms with Gasteiger partial charge in [0.15, 0.2) is 5.82 Å². The molecular weight excluding hydrogens is 260 g/mol. The van der Waals surface area contributed by atoms with Gasteiger partial charge in [-0.1, -0.05) is 18.2 Å². The summed E-state index contributed by atoms with van der Waals surface area (Å²) in [6.07, 6.45) is 0. The van der Waals surface area contributed by atoms with Gasteiger partial charge in [0.05, 0.1) is 17.1 Å². The van der Waals surface area contributed by atoms with Crippen LogP contribution in [0.15, 0.2) is 35.2 Å². The van der Waals surface area contributed by atoms with E-state index in [2.05, 4.69) is 10.4 Å². The van der Waals surface area contributed by atoms with E-state index in [0.717, 1.165) is 4.90 Å². The molecule has 0 saturated heterocycles. The largest absolute Gasteiger partial charge is 0.394 e. The Hall–Kier alpha value is -1.95. The van der Waals surface area contributed by atoms with Crippen molar-refractivity contribution >= 4 is 29.2 Å². The van der Waals surface area contributed by atoms with Crippen LogP contribution in [-0.4, -0.2) is 21.4 Å². The maximum Gasteiger partial charge on any atom is 0.235 e. The lowest BCUT2D eigenvalue weighted by atomic mass is 10.4. The van der Waals surface area contributed by atoms with Gasteiger partial charge >= 0.3 is 0 Å². The summed E-state index contributed by atoms with van der Waals surface area (Å²) in [6.45, 7) is 1.81. The van der Waals surface area contributed by atoms with Gasteiger partial charge in [0.2, 0.25) is 5.91 Å². The Morgan fingerprint density at radius 2 is 2.11 bits per heavy atom.